The molecule has 2 aromatic rings. The average Bonchev–Trinajstić information content (AvgIpc) is 2.22. The molecule has 2 rings (SSSR count). The summed E-state index contributed by atoms with van der Waals surface area (Å²) < 4.78 is 0. The number of thiophene rings is 1. The van der Waals surface area contributed by atoms with Crippen molar-refractivity contribution >= 4 is 26.6 Å². The lowest BCUT2D eigenvalue weighted by molar-refractivity contribution is 1.51. The number of rotatable bonds is 0. The van der Waals surface area contributed by atoms with E-state index in [1.165, 1.54) is 5.39 Å². The summed E-state index contributed by atoms with van der Waals surface area (Å²) in [6.07, 6.45) is 1.92. The number of nitrogens with two attached hydrogens (primary N) is 1. The van der Waals surface area contributed by atoms with Crippen LogP contribution in [-0.2, 0) is 0 Å². The molecule has 0 atom stereocenters. The molecule has 0 fully saturated rings. The van der Waals surface area contributed by atoms with Crippen LogP contribution < -0.4 is 5.73 Å². The van der Waals surface area contributed by atoms with Crippen molar-refractivity contribution in [2.24, 2.45) is 0 Å². The Kier molecular flexibility index (Phi) is 0.818. The molecule has 46 valence electrons. The maximum Gasteiger partial charge on any atom is 0.102 e. The van der Waals surface area contributed by atoms with Crippen molar-refractivity contribution < 1.29 is 0 Å². The smallest absolute Gasteiger partial charge is 0.102 e. The fourth-order valence-electron chi connectivity index (χ4n) is 0.869. The van der Waals surface area contributed by atoms with Gasteiger partial charge in [-0.05, 0) is 12.1 Å². The quantitative estimate of drug-likeness (QED) is 0.572. The number of aromatic amines is 1. The second kappa shape index (κ2) is 1.51. The summed E-state index contributed by atoms with van der Waals surface area (Å²) in [5, 5.41) is 2.08. The molecule has 2 heterocycles. The number of aromatic nitrogens is 1. The minimum absolute atomic E-state index is 0.872. The van der Waals surface area contributed by atoms with E-state index in [2.05, 4.69) is 4.98 Å². The van der Waals surface area contributed by atoms with Crippen LogP contribution in [-0.4, -0.2) is 4.98 Å². The molecule has 9 heavy (non-hydrogen) atoms. The molecule has 0 unspecified atom stereocenters. The molecular formula is C6H6N2S. The Bertz CT molecular complexity index is 292. The van der Waals surface area contributed by atoms with E-state index in [0.717, 1.165) is 9.83 Å². The monoisotopic (exact) mass is 138 g/mol. The van der Waals surface area contributed by atoms with Crippen molar-refractivity contribution in [2.75, 3.05) is 5.73 Å². The van der Waals surface area contributed by atoms with E-state index in [9.17, 15) is 0 Å². The van der Waals surface area contributed by atoms with Gasteiger partial charge in [-0.3, -0.25) is 0 Å². The summed E-state index contributed by atoms with van der Waals surface area (Å²) >= 11 is 1.58. The van der Waals surface area contributed by atoms with E-state index in [1.807, 2.05) is 18.3 Å². The molecule has 0 saturated carbocycles. The molecule has 0 spiro atoms. The number of hydrogen-bond acceptors (Lipinski definition) is 2. The molecule has 0 aliphatic heterocycles. The van der Waals surface area contributed by atoms with Crippen LogP contribution in [0.5, 0.6) is 0 Å². The van der Waals surface area contributed by atoms with Gasteiger partial charge >= 0.3 is 0 Å². The Hall–Kier alpha value is -0.960. The predicted octanol–water partition coefficient (Wildman–Crippen LogP) is 1.81. The van der Waals surface area contributed by atoms with Crippen LogP contribution in [0.25, 0.3) is 10.2 Å². The first-order valence-electron chi connectivity index (χ1n) is 2.68. The average molecular weight is 138 g/mol. The van der Waals surface area contributed by atoms with Gasteiger partial charge in [-0.1, -0.05) is 0 Å². The van der Waals surface area contributed by atoms with Crippen LogP contribution >= 0.6 is 11.3 Å². The minimum atomic E-state index is 0.872. The third-order valence-electron chi connectivity index (χ3n) is 1.26. The Morgan fingerprint density at radius 1 is 1.56 bits per heavy atom. The van der Waals surface area contributed by atoms with Gasteiger partial charge in [0.1, 0.15) is 4.83 Å². The van der Waals surface area contributed by atoms with Crippen molar-refractivity contribution in [3.8, 4) is 0 Å². The SMILES string of the molecule is Nc1cc2cc[nH]c2s1. The number of H-pyrrole nitrogens is 1. The van der Waals surface area contributed by atoms with Crippen LogP contribution in [0.2, 0.25) is 0 Å². The van der Waals surface area contributed by atoms with Gasteiger partial charge in [0.2, 0.25) is 0 Å². The minimum Gasteiger partial charge on any atom is -0.391 e. The van der Waals surface area contributed by atoms with Crippen LogP contribution in [0.15, 0.2) is 18.3 Å². The molecule has 0 saturated heterocycles. The van der Waals surface area contributed by atoms with Crippen LogP contribution in [0.4, 0.5) is 5.00 Å². The predicted molar refractivity (Wildman–Crippen MR) is 40.6 cm³/mol. The van der Waals surface area contributed by atoms with Gasteiger partial charge in [-0.25, -0.2) is 0 Å². The van der Waals surface area contributed by atoms with Crippen LogP contribution in [0.1, 0.15) is 0 Å². The van der Waals surface area contributed by atoms with Gasteiger partial charge in [-0.15, -0.1) is 11.3 Å². The first-order valence-corrected chi connectivity index (χ1v) is 3.50. The maximum atomic E-state index is 5.53. The van der Waals surface area contributed by atoms with Crippen molar-refractivity contribution in [2.45, 2.75) is 0 Å². The summed E-state index contributed by atoms with van der Waals surface area (Å²) in [7, 11) is 0. The van der Waals surface area contributed by atoms with Crippen molar-refractivity contribution in [3.63, 3.8) is 0 Å². The summed E-state index contributed by atoms with van der Waals surface area (Å²) in [4.78, 5) is 4.24. The number of nitrogens with one attached hydrogen (secondary N) is 1. The summed E-state index contributed by atoms with van der Waals surface area (Å²) in [5.41, 5.74) is 5.53. The number of hydrogen-bond donors (Lipinski definition) is 2. The number of nitrogen functional groups attached to an aromatic ring is 1. The topological polar surface area (TPSA) is 41.8 Å². The largest absolute Gasteiger partial charge is 0.391 e. The molecule has 0 aliphatic rings. The second-order valence-electron chi connectivity index (χ2n) is 1.91. The van der Waals surface area contributed by atoms with Crippen molar-refractivity contribution in [3.05, 3.63) is 18.3 Å². The Balaban J connectivity index is 2.92. The van der Waals surface area contributed by atoms with Gasteiger partial charge in [-0.2, -0.15) is 0 Å². The van der Waals surface area contributed by atoms with E-state index in [-0.39, 0.29) is 0 Å². The zero-order chi connectivity index (χ0) is 6.27. The van der Waals surface area contributed by atoms with Crippen molar-refractivity contribution in [1.82, 2.24) is 4.98 Å². The Morgan fingerprint density at radius 3 is 3.22 bits per heavy atom. The third kappa shape index (κ3) is 0.616. The highest BCUT2D eigenvalue weighted by molar-refractivity contribution is 7.22. The second-order valence-corrected chi connectivity index (χ2v) is 2.99. The highest BCUT2D eigenvalue weighted by atomic mass is 32.1. The summed E-state index contributed by atoms with van der Waals surface area (Å²) in [6.45, 7) is 0. The lowest BCUT2D eigenvalue weighted by Gasteiger charge is -1.72. The molecule has 0 aliphatic carbocycles. The van der Waals surface area contributed by atoms with Gasteiger partial charge in [0.25, 0.3) is 0 Å². The molecule has 3 N–H and O–H groups in total. The lowest BCUT2D eigenvalue weighted by Crippen LogP contribution is -1.72. The molecule has 0 radical (unpaired) electrons. The maximum absolute atomic E-state index is 5.53. The van der Waals surface area contributed by atoms with E-state index in [4.69, 9.17) is 5.73 Å². The third-order valence-corrected chi connectivity index (χ3v) is 2.17. The zero-order valence-corrected chi connectivity index (χ0v) is 5.53. The van der Waals surface area contributed by atoms with Gasteiger partial charge < -0.3 is 10.7 Å². The molecule has 3 heteroatoms. The van der Waals surface area contributed by atoms with Gasteiger partial charge in [0, 0.05) is 11.6 Å². The first kappa shape index (κ1) is 4.88. The summed E-state index contributed by atoms with van der Waals surface area (Å²) in [6, 6.07) is 3.98. The molecule has 0 amide bonds. The molecule has 0 aromatic carbocycles. The molecular weight excluding hydrogens is 132 g/mol. The van der Waals surface area contributed by atoms with E-state index in [1.54, 1.807) is 11.3 Å². The summed E-state index contributed by atoms with van der Waals surface area (Å²) in [5.74, 6) is 0. The first-order chi connectivity index (χ1) is 4.36. The van der Waals surface area contributed by atoms with Gasteiger partial charge in [0.05, 0.1) is 5.00 Å². The normalized spacial score (nSPS) is 10.7. The fourth-order valence-corrected chi connectivity index (χ4v) is 1.66. The van der Waals surface area contributed by atoms with Crippen molar-refractivity contribution in [1.29, 1.82) is 0 Å². The lowest BCUT2D eigenvalue weighted by atomic mass is 10.4. The Morgan fingerprint density at radius 2 is 2.44 bits per heavy atom. The van der Waals surface area contributed by atoms with Crippen LogP contribution in [0, 0.1) is 0 Å². The van der Waals surface area contributed by atoms with E-state index in [0.29, 0.717) is 0 Å². The standard InChI is InChI=1S/C6H6N2S/c7-5-3-4-1-2-8-6(4)9-5/h1-3,8H,7H2. The van der Waals surface area contributed by atoms with Crippen LogP contribution in [0.3, 0.4) is 0 Å². The van der Waals surface area contributed by atoms with E-state index < -0.39 is 0 Å². The zero-order valence-electron chi connectivity index (χ0n) is 4.72. The highest BCUT2D eigenvalue weighted by Crippen LogP contribution is 2.25. The fraction of sp³-hybridized carbons (Fsp3) is 0. The molecule has 2 nitrogen and oxygen atoms in total. The highest BCUT2D eigenvalue weighted by Gasteiger charge is 1.96. The Labute approximate surface area is 56.3 Å². The number of anilines is 1. The molecule has 0 bridgehead atoms. The molecule has 2 aromatic heterocycles. The number of fused-ring (bicyclic) bond motifs is 1. The van der Waals surface area contributed by atoms with E-state index >= 15 is 0 Å². The van der Waals surface area contributed by atoms with Gasteiger partial charge in [0.15, 0.2) is 0 Å².